The molecule has 0 saturated carbocycles. The zero-order valence-electron chi connectivity index (χ0n) is 9.08. The van der Waals surface area contributed by atoms with Gasteiger partial charge in [-0.25, -0.2) is 0 Å². The Labute approximate surface area is 96.1 Å². The van der Waals surface area contributed by atoms with Gasteiger partial charge in [0, 0.05) is 19.6 Å². The third-order valence-electron chi connectivity index (χ3n) is 1.78. The number of ether oxygens (including phenoxy) is 3. The average molecular weight is 236 g/mol. The monoisotopic (exact) mass is 235 g/mol. The third-order valence-corrected chi connectivity index (χ3v) is 2.16. The van der Waals surface area contributed by atoms with Gasteiger partial charge in [0.1, 0.15) is 0 Å². The summed E-state index contributed by atoms with van der Waals surface area (Å²) in [5.41, 5.74) is 0. The highest BCUT2D eigenvalue weighted by Gasteiger charge is 2.04. The number of nitrogens with zero attached hydrogens (tertiary/aromatic N) is 1. The summed E-state index contributed by atoms with van der Waals surface area (Å²) >= 11 is 5.55. The molecule has 0 saturated heterocycles. The Hall–Kier alpha value is -0.340. The topological polar surface area (TPSA) is 51.5 Å². The molecule has 1 atom stereocenters. The highest BCUT2D eigenvalue weighted by molar-refractivity contribution is 6.18. The van der Waals surface area contributed by atoms with Crippen molar-refractivity contribution in [3.63, 3.8) is 0 Å². The molecule has 0 aromatic rings. The molecule has 0 amide bonds. The summed E-state index contributed by atoms with van der Waals surface area (Å²) in [7, 11) is 1.63. The highest BCUT2D eigenvalue weighted by atomic mass is 35.5. The van der Waals surface area contributed by atoms with E-state index in [-0.39, 0.29) is 5.92 Å². The lowest BCUT2D eigenvalue weighted by molar-refractivity contribution is 0.0232. The number of rotatable bonds is 10. The summed E-state index contributed by atoms with van der Waals surface area (Å²) in [5.74, 6) is 0.255. The Balaban J connectivity index is 3.08. The minimum Gasteiger partial charge on any atom is -0.382 e. The first-order valence-corrected chi connectivity index (χ1v) is 5.48. The molecule has 4 nitrogen and oxygen atoms in total. The standard InChI is InChI=1S/C10H18ClNO3/c1-13-4-5-15-7-6-14-3-2-10(8-11)9-12/h10H,2-8H2,1H3. The Morgan fingerprint density at radius 1 is 1.13 bits per heavy atom. The molecule has 0 aliphatic rings. The van der Waals surface area contributed by atoms with Crippen LogP contribution in [0.1, 0.15) is 6.42 Å². The van der Waals surface area contributed by atoms with Crippen LogP contribution in [0.3, 0.4) is 0 Å². The Morgan fingerprint density at radius 3 is 2.27 bits per heavy atom. The van der Waals surface area contributed by atoms with Crippen molar-refractivity contribution in [1.29, 1.82) is 5.26 Å². The molecule has 0 heterocycles. The van der Waals surface area contributed by atoms with Gasteiger partial charge in [0.15, 0.2) is 0 Å². The smallest absolute Gasteiger partial charge is 0.0701 e. The van der Waals surface area contributed by atoms with E-state index < -0.39 is 0 Å². The molecule has 15 heavy (non-hydrogen) atoms. The molecule has 0 aromatic carbocycles. The van der Waals surface area contributed by atoms with Crippen LogP contribution in [0.25, 0.3) is 0 Å². The van der Waals surface area contributed by atoms with Gasteiger partial charge in [0.05, 0.1) is 38.4 Å². The lowest BCUT2D eigenvalue weighted by atomic mass is 10.1. The van der Waals surface area contributed by atoms with Crippen molar-refractivity contribution in [3.8, 4) is 6.07 Å². The predicted molar refractivity (Wildman–Crippen MR) is 58.0 cm³/mol. The van der Waals surface area contributed by atoms with Gasteiger partial charge >= 0.3 is 0 Å². The molecule has 0 radical (unpaired) electrons. The molecule has 0 spiro atoms. The van der Waals surface area contributed by atoms with Crippen molar-refractivity contribution < 1.29 is 14.2 Å². The molecule has 0 aromatic heterocycles. The number of nitriles is 1. The van der Waals surface area contributed by atoms with Gasteiger partial charge in [-0.3, -0.25) is 0 Å². The van der Waals surface area contributed by atoms with Gasteiger partial charge in [0.25, 0.3) is 0 Å². The van der Waals surface area contributed by atoms with Crippen LogP contribution >= 0.6 is 11.6 Å². The van der Waals surface area contributed by atoms with Crippen LogP contribution in [0.5, 0.6) is 0 Å². The fourth-order valence-corrected chi connectivity index (χ4v) is 1.09. The molecule has 0 fully saturated rings. The molecule has 0 aliphatic carbocycles. The lowest BCUT2D eigenvalue weighted by Gasteiger charge is -2.06. The number of alkyl halides is 1. The van der Waals surface area contributed by atoms with E-state index in [9.17, 15) is 0 Å². The van der Waals surface area contributed by atoms with Crippen LogP contribution < -0.4 is 0 Å². The van der Waals surface area contributed by atoms with Crippen LogP contribution in [0.2, 0.25) is 0 Å². The van der Waals surface area contributed by atoms with Gasteiger partial charge in [-0.15, -0.1) is 11.6 Å². The average Bonchev–Trinajstić information content (AvgIpc) is 2.27. The van der Waals surface area contributed by atoms with E-state index in [2.05, 4.69) is 6.07 Å². The SMILES string of the molecule is COCCOCCOCCC(C#N)CCl. The van der Waals surface area contributed by atoms with E-state index in [1.54, 1.807) is 7.11 Å². The largest absolute Gasteiger partial charge is 0.382 e. The number of halogens is 1. The van der Waals surface area contributed by atoms with E-state index in [0.717, 1.165) is 0 Å². The van der Waals surface area contributed by atoms with E-state index in [1.807, 2.05) is 0 Å². The van der Waals surface area contributed by atoms with Crippen molar-refractivity contribution in [2.24, 2.45) is 5.92 Å². The van der Waals surface area contributed by atoms with Crippen LogP contribution in [-0.4, -0.2) is 46.0 Å². The summed E-state index contributed by atoms with van der Waals surface area (Å²) in [6, 6.07) is 2.11. The molecule has 0 bridgehead atoms. The number of methoxy groups -OCH3 is 1. The fourth-order valence-electron chi connectivity index (χ4n) is 0.866. The molecular weight excluding hydrogens is 218 g/mol. The highest BCUT2D eigenvalue weighted by Crippen LogP contribution is 2.03. The van der Waals surface area contributed by atoms with E-state index in [4.69, 9.17) is 31.1 Å². The predicted octanol–water partition coefficient (Wildman–Crippen LogP) is 1.43. The summed E-state index contributed by atoms with van der Waals surface area (Å²) in [6.07, 6.45) is 0.679. The number of hydrogen-bond acceptors (Lipinski definition) is 4. The second-order valence-corrected chi connectivity index (χ2v) is 3.30. The van der Waals surface area contributed by atoms with Crippen LogP contribution in [0, 0.1) is 17.2 Å². The Morgan fingerprint density at radius 2 is 1.73 bits per heavy atom. The summed E-state index contributed by atoms with van der Waals surface area (Å²) in [5, 5.41) is 8.60. The molecule has 0 N–H and O–H groups in total. The quantitative estimate of drug-likeness (QED) is 0.425. The second-order valence-electron chi connectivity index (χ2n) is 2.99. The Bertz CT molecular complexity index is 173. The minimum atomic E-state index is -0.110. The molecule has 88 valence electrons. The van der Waals surface area contributed by atoms with Gasteiger partial charge < -0.3 is 14.2 Å². The summed E-state index contributed by atoms with van der Waals surface area (Å²) in [6.45, 7) is 2.84. The molecular formula is C10H18ClNO3. The van der Waals surface area contributed by atoms with E-state index in [1.165, 1.54) is 0 Å². The number of hydrogen-bond donors (Lipinski definition) is 0. The molecule has 0 rings (SSSR count). The first-order valence-electron chi connectivity index (χ1n) is 4.95. The van der Waals surface area contributed by atoms with Crippen molar-refractivity contribution in [2.45, 2.75) is 6.42 Å². The van der Waals surface area contributed by atoms with Gasteiger partial charge in [-0.05, 0) is 6.42 Å². The fraction of sp³-hybridized carbons (Fsp3) is 0.900. The summed E-state index contributed by atoms with van der Waals surface area (Å²) in [4.78, 5) is 0. The lowest BCUT2D eigenvalue weighted by Crippen LogP contribution is -2.10. The van der Waals surface area contributed by atoms with Gasteiger partial charge in [-0.2, -0.15) is 5.26 Å². The maximum atomic E-state index is 8.60. The van der Waals surface area contributed by atoms with Crippen LogP contribution in [-0.2, 0) is 14.2 Å². The van der Waals surface area contributed by atoms with Crippen molar-refractivity contribution in [2.75, 3.05) is 46.0 Å². The molecule has 1 unspecified atom stereocenters. The van der Waals surface area contributed by atoms with Gasteiger partial charge in [-0.1, -0.05) is 0 Å². The second kappa shape index (κ2) is 11.7. The van der Waals surface area contributed by atoms with Gasteiger partial charge in [0.2, 0.25) is 0 Å². The van der Waals surface area contributed by atoms with E-state index >= 15 is 0 Å². The Kier molecular flexibility index (Phi) is 11.5. The minimum absolute atomic E-state index is 0.110. The van der Waals surface area contributed by atoms with Crippen molar-refractivity contribution in [3.05, 3.63) is 0 Å². The first-order chi connectivity index (χ1) is 7.35. The normalized spacial score (nSPS) is 12.3. The first kappa shape index (κ1) is 14.7. The third kappa shape index (κ3) is 9.95. The molecule has 5 heteroatoms. The van der Waals surface area contributed by atoms with Crippen LogP contribution in [0.15, 0.2) is 0 Å². The molecule has 0 aliphatic heterocycles. The zero-order chi connectivity index (χ0) is 11.4. The van der Waals surface area contributed by atoms with Crippen LogP contribution in [0.4, 0.5) is 0 Å². The zero-order valence-corrected chi connectivity index (χ0v) is 9.83. The van der Waals surface area contributed by atoms with Crippen molar-refractivity contribution >= 4 is 11.6 Å². The maximum absolute atomic E-state index is 8.60. The van der Waals surface area contributed by atoms with E-state index in [0.29, 0.717) is 45.3 Å². The van der Waals surface area contributed by atoms with Crippen molar-refractivity contribution in [1.82, 2.24) is 0 Å². The maximum Gasteiger partial charge on any atom is 0.0701 e. The summed E-state index contributed by atoms with van der Waals surface area (Å²) < 4.78 is 15.3.